The zero-order chi connectivity index (χ0) is 13.7. The Morgan fingerprint density at radius 3 is 2.89 bits per heavy atom. The molecule has 2 heterocycles. The number of amides is 1. The highest BCUT2D eigenvalue weighted by molar-refractivity contribution is 5.94. The third-order valence-corrected chi connectivity index (χ3v) is 2.74. The monoisotopic (exact) mass is 266 g/mol. The number of nitrogens with two attached hydrogens (primary N) is 1. The van der Waals surface area contributed by atoms with Crippen molar-refractivity contribution in [3.8, 4) is 5.88 Å². The molecular formula is C12H18N4O3. The summed E-state index contributed by atoms with van der Waals surface area (Å²) in [4.78, 5) is 21.8. The Morgan fingerprint density at radius 2 is 2.26 bits per heavy atom. The van der Waals surface area contributed by atoms with Crippen molar-refractivity contribution in [2.75, 3.05) is 37.8 Å². The molecule has 1 aliphatic rings. The molecule has 0 saturated carbocycles. The van der Waals surface area contributed by atoms with Crippen LogP contribution in [0.4, 0.5) is 5.95 Å². The molecule has 1 amide bonds. The van der Waals surface area contributed by atoms with Gasteiger partial charge in [0.25, 0.3) is 5.91 Å². The fourth-order valence-electron chi connectivity index (χ4n) is 1.75. The molecule has 1 aromatic rings. The minimum atomic E-state index is -0.584. The number of carbonyl (C=O) groups excluding carboxylic acids is 1. The van der Waals surface area contributed by atoms with Crippen LogP contribution in [0.3, 0.4) is 0 Å². The number of morpholine rings is 1. The number of ether oxygens (including phenoxy) is 2. The third kappa shape index (κ3) is 3.31. The Labute approximate surface area is 111 Å². The maximum absolute atomic E-state index is 11.3. The van der Waals surface area contributed by atoms with Gasteiger partial charge in [0, 0.05) is 19.3 Å². The van der Waals surface area contributed by atoms with Crippen LogP contribution >= 0.6 is 0 Å². The van der Waals surface area contributed by atoms with Crippen LogP contribution in [0.25, 0.3) is 0 Å². The second kappa shape index (κ2) is 6.33. The molecule has 2 N–H and O–H groups in total. The average Bonchev–Trinajstić information content (AvgIpc) is 2.45. The van der Waals surface area contributed by atoms with E-state index in [2.05, 4.69) is 9.97 Å². The predicted molar refractivity (Wildman–Crippen MR) is 69.4 cm³/mol. The van der Waals surface area contributed by atoms with Gasteiger partial charge in [-0.1, -0.05) is 6.92 Å². The summed E-state index contributed by atoms with van der Waals surface area (Å²) in [5, 5.41) is 0. The Balaban J connectivity index is 2.23. The van der Waals surface area contributed by atoms with Crippen LogP contribution in [0.2, 0.25) is 0 Å². The van der Waals surface area contributed by atoms with Gasteiger partial charge >= 0.3 is 0 Å². The van der Waals surface area contributed by atoms with E-state index in [-0.39, 0.29) is 11.4 Å². The first-order valence-corrected chi connectivity index (χ1v) is 6.34. The largest absolute Gasteiger partial charge is 0.477 e. The van der Waals surface area contributed by atoms with Crippen molar-refractivity contribution in [3.05, 3.63) is 11.8 Å². The molecule has 1 saturated heterocycles. The quantitative estimate of drug-likeness (QED) is 0.818. The fourth-order valence-corrected chi connectivity index (χ4v) is 1.75. The number of anilines is 1. The Morgan fingerprint density at radius 1 is 1.53 bits per heavy atom. The molecule has 0 aliphatic carbocycles. The molecule has 0 aromatic carbocycles. The SMILES string of the molecule is CCCOc1nc(N2CCOCC2)ncc1C(N)=O. The smallest absolute Gasteiger partial charge is 0.255 e. The minimum absolute atomic E-state index is 0.213. The maximum atomic E-state index is 11.3. The van der Waals surface area contributed by atoms with Crippen molar-refractivity contribution in [3.63, 3.8) is 0 Å². The Bertz CT molecular complexity index is 447. The average molecular weight is 266 g/mol. The van der Waals surface area contributed by atoms with Crippen LogP contribution < -0.4 is 15.4 Å². The fraction of sp³-hybridized carbons (Fsp3) is 0.583. The van der Waals surface area contributed by atoms with Crippen molar-refractivity contribution >= 4 is 11.9 Å². The van der Waals surface area contributed by atoms with Crippen LogP contribution in [0.15, 0.2) is 6.20 Å². The van der Waals surface area contributed by atoms with Gasteiger partial charge in [0.1, 0.15) is 5.56 Å². The van der Waals surface area contributed by atoms with Gasteiger partial charge in [0.15, 0.2) is 0 Å². The molecule has 0 radical (unpaired) electrons. The standard InChI is InChI=1S/C12H18N4O3/c1-2-5-19-11-9(10(13)17)8-14-12(15-11)16-3-6-18-7-4-16/h8H,2-7H2,1H3,(H2,13,17). The predicted octanol–water partition coefficient (Wildman–Crippen LogP) is 0.201. The number of nitrogens with zero attached hydrogens (tertiary/aromatic N) is 3. The number of primary amides is 1. The molecule has 0 spiro atoms. The van der Waals surface area contributed by atoms with E-state index in [0.717, 1.165) is 19.5 Å². The summed E-state index contributed by atoms with van der Waals surface area (Å²) in [6.45, 7) is 5.21. The Hall–Kier alpha value is -1.89. The number of hydrogen-bond acceptors (Lipinski definition) is 6. The maximum Gasteiger partial charge on any atom is 0.255 e. The molecule has 0 unspecified atom stereocenters. The van der Waals surface area contributed by atoms with Crippen molar-refractivity contribution in [2.24, 2.45) is 5.73 Å². The van der Waals surface area contributed by atoms with Crippen molar-refractivity contribution in [1.82, 2.24) is 9.97 Å². The van der Waals surface area contributed by atoms with Crippen LogP contribution in [-0.4, -0.2) is 48.8 Å². The van der Waals surface area contributed by atoms with E-state index in [1.54, 1.807) is 0 Å². The summed E-state index contributed by atoms with van der Waals surface area (Å²) >= 11 is 0. The molecule has 7 heteroatoms. The van der Waals surface area contributed by atoms with Gasteiger partial charge in [-0.25, -0.2) is 4.98 Å². The van der Waals surface area contributed by atoms with Crippen LogP contribution in [-0.2, 0) is 4.74 Å². The first kappa shape index (κ1) is 13.5. The zero-order valence-corrected chi connectivity index (χ0v) is 11.0. The van der Waals surface area contributed by atoms with Crippen molar-refractivity contribution in [2.45, 2.75) is 13.3 Å². The van der Waals surface area contributed by atoms with Gasteiger partial charge in [0.05, 0.1) is 19.8 Å². The second-order valence-electron chi connectivity index (χ2n) is 4.20. The molecule has 7 nitrogen and oxygen atoms in total. The lowest BCUT2D eigenvalue weighted by atomic mass is 10.3. The number of hydrogen-bond donors (Lipinski definition) is 1. The van der Waals surface area contributed by atoms with Gasteiger partial charge in [0.2, 0.25) is 11.8 Å². The Kier molecular flexibility index (Phi) is 4.51. The van der Waals surface area contributed by atoms with Gasteiger partial charge in [-0.05, 0) is 6.42 Å². The van der Waals surface area contributed by atoms with Crippen LogP contribution in [0.1, 0.15) is 23.7 Å². The van der Waals surface area contributed by atoms with E-state index in [9.17, 15) is 4.79 Å². The summed E-state index contributed by atoms with van der Waals surface area (Å²) < 4.78 is 10.7. The summed E-state index contributed by atoms with van der Waals surface area (Å²) in [5.74, 6) is 0.213. The highest BCUT2D eigenvalue weighted by atomic mass is 16.5. The van der Waals surface area contributed by atoms with E-state index < -0.39 is 5.91 Å². The lowest BCUT2D eigenvalue weighted by Gasteiger charge is -2.27. The van der Waals surface area contributed by atoms with Gasteiger partial charge < -0.3 is 20.1 Å². The lowest BCUT2D eigenvalue weighted by molar-refractivity contribution is 0.0994. The molecule has 0 atom stereocenters. The molecule has 1 aliphatic heterocycles. The molecule has 104 valence electrons. The second-order valence-corrected chi connectivity index (χ2v) is 4.20. The van der Waals surface area contributed by atoms with Gasteiger partial charge in [-0.15, -0.1) is 0 Å². The topological polar surface area (TPSA) is 90.6 Å². The summed E-state index contributed by atoms with van der Waals surface area (Å²) in [7, 11) is 0. The summed E-state index contributed by atoms with van der Waals surface area (Å²) in [6.07, 6.45) is 2.25. The lowest BCUT2D eigenvalue weighted by Crippen LogP contribution is -2.37. The van der Waals surface area contributed by atoms with Gasteiger partial charge in [-0.2, -0.15) is 4.98 Å². The highest BCUT2D eigenvalue weighted by Crippen LogP contribution is 2.19. The number of aromatic nitrogens is 2. The van der Waals surface area contributed by atoms with Gasteiger partial charge in [-0.3, -0.25) is 4.79 Å². The van der Waals surface area contributed by atoms with Crippen molar-refractivity contribution < 1.29 is 14.3 Å². The van der Waals surface area contributed by atoms with E-state index in [0.29, 0.717) is 25.8 Å². The molecule has 19 heavy (non-hydrogen) atoms. The number of rotatable bonds is 5. The molecule has 1 aromatic heterocycles. The molecule has 2 rings (SSSR count). The first-order valence-electron chi connectivity index (χ1n) is 6.34. The summed E-state index contributed by atoms with van der Waals surface area (Å²) in [6, 6.07) is 0. The van der Waals surface area contributed by atoms with Crippen LogP contribution in [0.5, 0.6) is 5.88 Å². The van der Waals surface area contributed by atoms with E-state index in [1.165, 1.54) is 6.20 Å². The van der Waals surface area contributed by atoms with Crippen LogP contribution in [0, 0.1) is 0 Å². The highest BCUT2D eigenvalue weighted by Gasteiger charge is 2.18. The molecule has 1 fully saturated rings. The van der Waals surface area contributed by atoms with E-state index in [1.807, 2.05) is 11.8 Å². The molecular weight excluding hydrogens is 248 g/mol. The third-order valence-electron chi connectivity index (χ3n) is 2.74. The normalized spacial score (nSPS) is 15.3. The first-order chi connectivity index (χ1) is 9.22. The zero-order valence-electron chi connectivity index (χ0n) is 11.0. The minimum Gasteiger partial charge on any atom is -0.477 e. The number of carbonyl (C=O) groups is 1. The van der Waals surface area contributed by atoms with E-state index >= 15 is 0 Å². The summed E-state index contributed by atoms with van der Waals surface area (Å²) in [5.41, 5.74) is 5.50. The van der Waals surface area contributed by atoms with Crippen molar-refractivity contribution in [1.29, 1.82) is 0 Å². The van der Waals surface area contributed by atoms with E-state index in [4.69, 9.17) is 15.2 Å². The molecule has 0 bridgehead atoms.